The first-order chi connectivity index (χ1) is 8.62. The first-order valence-corrected chi connectivity index (χ1v) is 6.33. The predicted molar refractivity (Wildman–Crippen MR) is 71.8 cm³/mol. The lowest BCUT2D eigenvalue weighted by molar-refractivity contribution is -0.137. The molecule has 18 heavy (non-hydrogen) atoms. The van der Waals surface area contributed by atoms with Crippen molar-refractivity contribution >= 4 is 16.7 Å². The third-order valence-corrected chi connectivity index (χ3v) is 4.06. The molecule has 1 fully saturated rings. The molecule has 2 nitrogen and oxygen atoms in total. The molecule has 0 radical (unpaired) electrons. The number of carbonyl (C=O) groups is 1. The quantitative estimate of drug-likeness (QED) is 0.889. The van der Waals surface area contributed by atoms with Crippen molar-refractivity contribution < 1.29 is 9.90 Å². The summed E-state index contributed by atoms with van der Waals surface area (Å²) in [5.41, 5.74) is 2.35. The van der Waals surface area contributed by atoms with Crippen LogP contribution in [0.15, 0.2) is 36.4 Å². The number of hydrogen-bond acceptors (Lipinski definition) is 1. The molecule has 0 unspecified atom stereocenters. The highest BCUT2D eigenvalue weighted by Crippen LogP contribution is 2.53. The Kier molecular flexibility index (Phi) is 2.40. The molecule has 0 amide bonds. The third kappa shape index (κ3) is 1.69. The van der Waals surface area contributed by atoms with Crippen LogP contribution in [0.5, 0.6) is 0 Å². The molecule has 2 aromatic carbocycles. The normalized spacial score (nSPS) is 16.7. The summed E-state index contributed by atoms with van der Waals surface area (Å²) in [5.74, 6) is -0.697. The van der Waals surface area contributed by atoms with Crippen LogP contribution in [-0.4, -0.2) is 11.1 Å². The van der Waals surface area contributed by atoms with Crippen molar-refractivity contribution in [3.63, 3.8) is 0 Å². The van der Waals surface area contributed by atoms with Gasteiger partial charge in [0, 0.05) is 5.41 Å². The average molecular weight is 240 g/mol. The Morgan fingerprint density at radius 3 is 2.44 bits per heavy atom. The summed E-state index contributed by atoms with van der Waals surface area (Å²) in [6, 6.07) is 12.5. The second-order valence-corrected chi connectivity index (χ2v) is 5.33. The lowest BCUT2D eigenvalue weighted by Gasteiger charge is -2.17. The molecule has 0 heterocycles. The van der Waals surface area contributed by atoms with Crippen LogP contribution in [-0.2, 0) is 10.2 Å². The number of carboxylic acids is 1. The molecule has 1 saturated carbocycles. The van der Waals surface area contributed by atoms with E-state index < -0.39 is 5.97 Å². The molecule has 0 aromatic heterocycles. The molecule has 92 valence electrons. The van der Waals surface area contributed by atoms with Crippen LogP contribution in [0.1, 0.15) is 30.4 Å². The minimum atomic E-state index is -0.697. The second kappa shape index (κ2) is 3.84. The van der Waals surface area contributed by atoms with Crippen molar-refractivity contribution in [2.45, 2.75) is 31.6 Å². The summed E-state index contributed by atoms with van der Waals surface area (Å²) in [5, 5.41) is 11.5. The Morgan fingerprint density at radius 2 is 1.83 bits per heavy atom. The Labute approximate surface area is 106 Å². The van der Waals surface area contributed by atoms with E-state index >= 15 is 0 Å². The summed E-state index contributed by atoms with van der Waals surface area (Å²) in [6.45, 7) is 2.10. The van der Waals surface area contributed by atoms with Crippen LogP contribution in [0.2, 0.25) is 0 Å². The molecule has 0 atom stereocenters. The van der Waals surface area contributed by atoms with Gasteiger partial charge in [-0.1, -0.05) is 36.4 Å². The van der Waals surface area contributed by atoms with E-state index in [0.717, 1.165) is 12.8 Å². The van der Waals surface area contributed by atoms with Gasteiger partial charge in [-0.3, -0.25) is 4.79 Å². The maximum atomic E-state index is 11.0. The molecule has 2 aromatic rings. The Balaban J connectivity index is 2.19. The SMILES string of the molecule is Cc1ccc(C2(CC(=O)O)CC2)c2ccccc12. The van der Waals surface area contributed by atoms with Gasteiger partial charge in [-0.25, -0.2) is 0 Å². The molecular formula is C16H16O2. The fraction of sp³-hybridized carbons (Fsp3) is 0.312. The van der Waals surface area contributed by atoms with E-state index in [1.165, 1.54) is 21.9 Å². The third-order valence-electron chi connectivity index (χ3n) is 4.06. The van der Waals surface area contributed by atoms with Gasteiger partial charge in [0.25, 0.3) is 0 Å². The summed E-state index contributed by atoms with van der Waals surface area (Å²) in [7, 11) is 0. The number of rotatable bonds is 3. The van der Waals surface area contributed by atoms with E-state index in [2.05, 4.69) is 31.2 Å². The van der Waals surface area contributed by atoms with Crippen molar-refractivity contribution in [2.24, 2.45) is 0 Å². The van der Waals surface area contributed by atoms with Crippen LogP contribution in [0.4, 0.5) is 0 Å². The van der Waals surface area contributed by atoms with Crippen molar-refractivity contribution in [1.29, 1.82) is 0 Å². The number of carboxylic acid groups (broad SMARTS) is 1. The number of fused-ring (bicyclic) bond motifs is 1. The zero-order valence-corrected chi connectivity index (χ0v) is 10.4. The maximum Gasteiger partial charge on any atom is 0.304 e. The highest BCUT2D eigenvalue weighted by atomic mass is 16.4. The summed E-state index contributed by atoms with van der Waals surface area (Å²) >= 11 is 0. The van der Waals surface area contributed by atoms with Crippen molar-refractivity contribution in [1.82, 2.24) is 0 Å². The van der Waals surface area contributed by atoms with E-state index in [1.54, 1.807) is 0 Å². The number of aryl methyl sites for hydroxylation is 1. The van der Waals surface area contributed by atoms with E-state index in [0.29, 0.717) is 0 Å². The van der Waals surface area contributed by atoms with Gasteiger partial charge >= 0.3 is 5.97 Å². The highest BCUT2D eigenvalue weighted by Gasteiger charge is 2.46. The van der Waals surface area contributed by atoms with Crippen LogP contribution in [0.3, 0.4) is 0 Å². The fourth-order valence-electron chi connectivity index (χ4n) is 2.89. The van der Waals surface area contributed by atoms with Gasteiger partial charge in [0.2, 0.25) is 0 Å². The topological polar surface area (TPSA) is 37.3 Å². The molecule has 0 saturated heterocycles. The first kappa shape index (κ1) is 11.3. The van der Waals surface area contributed by atoms with Gasteiger partial charge < -0.3 is 5.11 Å². The van der Waals surface area contributed by atoms with Gasteiger partial charge in [0.15, 0.2) is 0 Å². The molecule has 0 aliphatic heterocycles. The summed E-state index contributed by atoms with van der Waals surface area (Å²) in [4.78, 5) is 11.0. The molecule has 1 aliphatic rings. The fourth-order valence-corrected chi connectivity index (χ4v) is 2.89. The number of hydrogen-bond donors (Lipinski definition) is 1. The standard InChI is InChI=1S/C16H16O2/c1-11-6-7-14(13-5-3-2-4-12(11)13)16(8-9-16)10-15(17)18/h2-7H,8-10H2,1H3,(H,17,18). The molecule has 1 N–H and O–H groups in total. The molecule has 2 heteroatoms. The zero-order chi connectivity index (χ0) is 12.8. The molecular weight excluding hydrogens is 224 g/mol. The highest BCUT2D eigenvalue weighted by molar-refractivity contribution is 5.90. The monoisotopic (exact) mass is 240 g/mol. The average Bonchev–Trinajstić information content (AvgIpc) is 3.09. The Hall–Kier alpha value is -1.83. The van der Waals surface area contributed by atoms with Crippen molar-refractivity contribution in [3.05, 3.63) is 47.5 Å². The summed E-state index contributed by atoms with van der Waals surface area (Å²) < 4.78 is 0. The smallest absolute Gasteiger partial charge is 0.304 e. The largest absolute Gasteiger partial charge is 0.481 e. The van der Waals surface area contributed by atoms with E-state index in [-0.39, 0.29) is 11.8 Å². The van der Waals surface area contributed by atoms with Crippen molar-refractivity contribution in [3.8, 4) is 0 Å². The molecule has 1 aliphatic carbocycles. The lowest BCUT2D eigenvalue weighted by Crippen LogP contribution is -2.13. The van der Waals surface area contributed by atoms with Crippen molar-refractivity contribution in [2.75, 3.05) is 0 Å². The maximum absolute atomic E-state index is 11.0. The molecule has 3 rings (SSSR count). The van der Waals surface area contributed by atoms with Crippen LogP contribution in [0.25, 0.3) is 10.8 Å². The molecule has 0 spiro atoms. The van der Waals surface area contributed by atoms with Gasteiger partial charge in [0.1, 0.15) is 0 Å². The number of benzene rings is 2. The molecule has 0 bridgehead atoms. The minimum Gasteiger partial charge on any atom is -0.481 e. The summed E-state index contributed by atoms with van der Waals surface area (Å²) in [6.07, 6.45) is 2.23. The Morgan fingerprint density at radius 1 is 1.17 bits per heavy atom. The minimum absolute atomic E-state index is 0.112. The number of aliphatic carboxylic acids is 1. The zero-order valence-electron chi connectivity index (χ0n) is 10.4. The van der Waals surface area contributed by atoms with Gasteiger partial charge in [-0.05, 0) is 41.7 Å². The van der Waals surface area contributed by atoms with E-state index in [9.17, 15) is 4.79 Å². The lowest BCUT2D eigenvalue weighted by atomic mass is 9.87. The van der Waals surface area contributed by atoms with Gasteiger partial charge in [-0.2, -0.15) is 0 Å². The van der Waals surface area contributed by atoms with Gasteiger partial charge in [-0.15, -0.1) is 0 Å². The van der Waals surface area contributed by atoms with E-state index in [4.69, 9.17) is 5.11 Å². The van der Waals surface area contributed by atoms with Crippen LogP contribution in [0, 0.1) is 6.92 Å². The van der Waals surface area contributed by atoms with E-state index in [1.807, 2.05) is 12.1 Å². The Bertz CT molecular complexity index is 624. The second-order valence-electron chi connectivity index (χ2n) is 5.33. The van der Waals surface area contributed by atoms with Crippen LogP contribution < -0.4 is 0 Å². The first-order valence-electron chi connectivity index (χ1n) is 6.33. The van der Waals surface area contributed by atoms with Gasteiger partial charge in [0.05, 0.1) is 6.42 Å². The predicted octanol–water partition coefficient (Wildman–Crippen LogP) is 3.65. The van der Waals surface area contributed by atoms with Crippen LogP contribution >= 0.6 is 0 Å².